The molecule has 0 saturated heterocycles. The second-order valence-corrected chi connectivity index (χ2v) is 4.04. The number of Topliss-reactive ketones (excluding diaryl/α,β-unsaturated/α-hetero) is 1. The number of esters is 1. The highest BCUT2D eigenvalue weighted by Gasteiger charge is 2.32. The first-order valence-corrected chi connectivity index (χ1v) is 5.85. The number of hydrogen-bond acceptors (Lipinski definition) is 4. The summed E-state index contributed by atoms with van der Waals surface area (Å²) in [7, 11) is 0. The first kappa shape index (κ1) is 16.3. The van der Waals surface area contributed by atoms with E-state index in [1.807, 2.05) is 0 Å². The van der Waals surface area contributed by atoms with E-state index < -0.39 is 23.9 Å². The molecule has 0 radical (unpaired) electrons. The number of benzene rings is 1. The van der Waals surface area contributed by atoms with E-state index in [2.05, 4.69) is 9.47 Å². The second-order valence-electron chi connectivity index (χ2n) is 3.63. The van der Waals surface area contributed by atoms with Crippen LogP contribution in [0.5, 0.6) is 5.75 Å². The van der Waals surface area contributed by atoms with E-state index in [1.54, 1.807) is 6.92 Å². The third kappa shape index (κ3) is 5.08. The van der Waals surface area contributed by atoms with Crippen LogP contribution in [0.25, 0.3) is 0 Å². The molecule has 8 heteroatoms. The molecule has 1 aromatic rings. The Morgan fingerprint density at radius 2 is 1.95 bits per heavy atom. The Morgan fingerprint density at radius 1 is 1.30 bits per heavy atom. The first-order valence-electron chi connectivity index (χ1n) is 5.47. The topological polar surface area (TPSA) is 52.6 Å². The maximum atomic E-state index is 12.0. The number of carbonyl (C=O) groups is 2. The molecule has 0 aliphatic carbocycles. The molecule has 0 atom stereocenters. The fourth-order valence-corrected chi connectivity index (χ4v) is 1.57. The maximum absolute atomic E-state index is 12.0. The lowest BCUT2D eigenvalue weighted by Gasteiger charge is -2.11. The Labute approximate surface area is 117 Å². The number of ketones is 1. The summed E-state index contributed by atoms with van der Waals surface area (Å²) in [5.41, 5.74) is 0.280. The summed E-state index contributed by atoms with van der Waals surface area (Å²) in [5.74, 6) is -2.39. The zero-order valence-corrected chi connectivity index (χ0v) is 11.0. The molecule has 0 N–H and O–H groups in total. The highest BCUT2D eigenvalue weighted by Crippen LogP contribution is 2.30. The van der Waals surface area contributed by atoms with E-state index in [0.717, 1.165) is 12.1 Å². The van der Waals surface area contributed by atoms with Crippen molar-refractivity contribution in [3.63, 3.8) is 0 Å². The van der Waals surface area contributed by atoms with Crippen molar-refractivity contribution in [1.82, 2.24) is 0 Å². The molecule has 0 amide bonds. The monoisotopic (exact) mass is 310 g/mol. The quantitative estimate of drug-likeness (QED) is 0.620. The van der Waals surface area contributed by atoms with E-state index in [-0.39, 0.29) is 23.6 Å². The van der Waals surface area contributed by atoms with Gasteiger partial charge in [-0.25, -0.2) is 4.79 Å². The van der Waals surface area contributed by atoms with Gasteiger partial charge in [-0.1, -0.05) is 17.7 Å². The van der Waals surface area contributed by atoms with Crippen LogP contribution in [-0.2, 0) is 20.7 Å². The molecule has 110 valence electrons. The van der Waals surface area contributed by atoms with Crippen LogP contribution in [-0.4, -0.2) is 24.7 Å². The Bertz CT molecular complexity index is 514. The van der Waals surface area contributed by atoms with Gasteiger partial charge in [0.15, 0.2) is 0 Å². The van der Waals surface area contributed by atoms with Crippen molar-refractivity contribution in [1.29, 1.82) is 0 Å². The largest absolute Gasteiger partial charge is 0.573 e. The fourth-order valence-electron chi connectivity index (χ4n) is 1.33. The minimum atomic E-state index is -4.86. The second kappa shape index (κ2) is 6.60. The van der Waals surface area contributed by atoms with Gasteiger partial charge < -0.3 is 9.47 Å². The lowest BCUT2D eigenvalue weighted by molar-refractivity contribution is -0.274. The summed E-state index contributed by atoms with van der Waals surface area (Å²) in [4.78, 5) is 22.5. The molecule has 0 aliphatic heterocycles. The van der Waals surface area contributed by atoms with Crippen molar-refractivity contribution in [2.24, 2.45) is 0 Å². The predicted molar refractivity (Wildman–Crippen MR) is 63.5 cm³/mol. The van der Waals surface area contributed by atoms with Gasteiger partial charge in [-0.15, -0.1) is 13.2 Å². The van der Waals surface area contributed by atoms with E-state index in [0.29, 0.717) is 0 Å². The van der Waals surface area contributed by atoms with Gasteiger partial charge in [0, 0.05) is 6.42 Å². The Kier molecular flexibility index (Phi) is 5.38. The van der Waals surface area contributed by atoms with Crippen molar-refractivity contribution in [3.8, 4) is 5.75 Å². The van der Waals surface area contributed by atoms with Gasteiger partial charge in [0.1, 0.15) is 5.75 Å². The molecule has 0 fully saturated rings. The molecule has 1 rings (SSSR count). The van der Waals surface area contributed by atoms with Gasteiger partial charge in [0.05, 0.1) is 11.6 Å². The third-order valence-corrected chi connectivity index (χ3v) is 2.39. The number of halogens is 4. The van der Waals surface area contributed by atoms with Gasteiger partial charge in [-0.2, -0.15) is 0 Å². The van der Waals surface area contributed by atoms with Crippen LogP contribution in [0.4, 0.5) is 13.2 Å². The predicted octanol–water partition coefficient (Wildman–Crippen LogP) is 2.91. The molecule has 0 saturated carbocycles. The summed E-state index contributed by atoms with van der Waals surface area (Å²) >= 11 is 5.61. The van der Waals surface area contributed by atoms with Crippen molar-refractivity contribution in [2.45, 2.75) is 19.7 Å². The smallest absolute Gasteiger partial charge is 0.460 e. The molecule has 0 unspecified atom stereocenters. The molecular formula is C12H10ClF3O4. The molecular weight excluding hydrogens is 301 g/mol. The number of ether oxygens (including phenoxy) is 2. The molecule has 0 spiro atoms. The van der Waals surface area contributed by atoms with Crippen LogP contribution in [0.1, 0.15) is 12.5 Å². The van der Waals surface area contributed by atoms with Gasteiger partial charge in [-0.05, 0) is 24.6 Å². The number of carbonyl (C=O) groups excluding carboxylic acids is 2. The maximum Gasteiger partial charge on any atom is 0.573 e. The normalized spacial score (nSPS) is 11.1. The van der Waals surface area contributed by atoms with Crippen LogP contribution >= 0.6 is 11.6 Å². The molecule has 1 aromatic carbocycles. The van der Waals surface area contributed by atoms with Gasteiger partial charge >= 0.3 is 12.3 Å². The molecule has 0 bridgehead atoms. The molecule has 20 heavy (non-hydrogen) atoms. The van der Waals surface area contributed by atoms with Crippen LogP contribution in [0.2, 0.25) is 5.02 Å². The molecule has 4 nitrogen and oxygen atoms in total. The lowest BCUT2D eigenvalue weighted by atomic mass is 10.1. The SMILES string of the molecule is CCOC(=O)C(=O)Cc1ccc(OC(F)(F)F)c(Cl)c1. The van der Waals surface area contributed by atoms with Crippen LogP contribution in [0.3, 0.4) is 0 Å². The van der Waals surface area contributed by atoms with Gasteiger partial charge in [0.2, 0.25) is 5.78 Å². The summed E-state index contributed by atoms with van der Waals surface area (Å²) in [6.07, 6.45) is -5.17. The van der Waals surface area contributed by atoms with Gasteiger partial charge in [0.25, 0.3) is 0 Å². The molecule has 0 aliphatic rings. The van der Waals surface area contributed by atoms with Gasteiger partial charge in [-0.3, -0.25) is 4.79 Å². The summed E-state index contributed by atoms with van der Waals surface area (Å²) in [5, 5.41) is -0.309. The highest BCUT2D eigenvalue weighted by atomic mass is 35.5. The highest BCUT2D eigenvalue weighted by molar-refractivity contribution is 6.34. The summed E-state index contributed by atoms with van der Waals surface area (Å²) < 4.78 is 44.3. The third-order valence-electron chi connectivity index (χ3n) is 2.09. The van der Waals surface area contributed by atoms with Crippen molar-refractivity contribution in [2.75, 3.05) is 6.61 Å². The minimum absolute atomic E-state index is 0.0592. The average Bonchev–Trinajstić information content (AvgIpc) is 2.31. The van der Waals surface area contributed by atoms with Crippen molar-refractivity contribution >= 4 is 23.4 Å². The fraction of sp³-hybridized carbons (Fsp3) is 0.333. The average molecular weight is 311 g/mol. The van der Waals surface area contributed by atoms with E-state index >= 15 is 0 Å². The van der Waals surface area contributed by atoms with Crippen LogP contribution in [0, 0.1) is 0 Å². The number of hydrogen-bond donors (Lipinski definition) is 0. The van der Waals surface area contributed by atoms with E-state index in [1.165, 1.54) is 6.07 Å². The summed E-state index contributed by atoms with van der Waals surface area (Å²) in [6, 6.07) is 3.31. The Morgan fingerprint density at radius 3 is 2.45 bits per heavy atom. The zero-order valence-electron chi connectivity index (χ0n) is 10.3. The molecule has 0 heterocycles. The Balaban J connectivity index is 2.78. The minimum Gasteiger partial charge on any atom is -0.460 e. The van der Waals surface area contributed by atoms with Crippen molar-refractivity contribution < 1.29 is 32.2 Å². The van der Waals surface area contributed by atoms with Crippen LogP contribution < -0.4 is 4.74 Å². The van der Waals surface area contributed by atoms with E-state index in [9.17, 15) is 22.8 Å². The lowest BCUT2D eigenvalue weighted by Crippen LogP contribution is -2.19. The standard InChI is InChI=1S/C12H10ClF3O4/c1-2-19-11(18)9(17)6-7-3-4-10(8(13)5-7)20-12(14,15)16/h3-5H,2,6H2,1H3. The summed E-state index contributed by atoms with van der Waals surface area (Å²) in [6.45, 7) is 1.61. The first-order chi connectivity index (χ1) is 9.23. The van der Waals surface area contributed by atoms with E-state index in [4.69, 9.17) is 11.6 Å². The van der Waals surface area contributed by atoms with Crippen LogP contribution in [0.15, 0.2) is 18.2 Å². The number of alkyl halides is 3. The Hall–Kier alpha value is -1.76. The zero-order chi connectivity index (χ0) is 15.3. The van der Waals surface area contributed by atoms with Crippen molar-refractivity contribution in [3.05, 3.63) is 28.8 Å². The molecule has 0 aromatic heterocycles. The number of rotatable bonds is 5.